The van der Waals surface area contributed by atoms with E-state index in [9.17, 15) is 0 Å². The van der Waals surface area contributed by atoms with Gasteiger partial charge in [0, 0.05) is 24.0 Å². The van der Waals surface area contributed by atoms with Gasteiger partial charge in [-0.2, -0.15) is 0 Å². The van der Waals surface area contributed by atoms with Crippen molar-refractivity contribution in [2.24, 2.45) is 0 Å². The van der Waals surface area contributed by atoms with Crippen LogP contribution in [0.15, 0.2) is 36.7 Å². The fourth-order valence-electron chi connectivity index (χ4n) is 1.53. The van der Waals surface area contributed by atoms with E-state index in [2.05, 4.69) is 22.2 Å². The summed E-state index contributed by atoms with van der Waals surface area (Å²) in [6, 6.07) is 8.05. The average molecular weight is 236 g/mol. The lowest BCUT2D eigenvalue weighted by atomic mass is 10.2. The quantitative estimate of drug-likeness (QED) is 0.856. The fourth-order valence-corrected chi connectivity index (χ4v) is 1.74. The van der Waals surface area contributed by atoms with Gasteiger partial charge in [0.1, 0.15) is 5.82 Å². The second-order valence-corrected chi connectivity index (χ2v) is 4.14. The zero-order valence-corrected chi connectivity index (χ0v) is 9.83. The Kier molecular flexibility index (Phi) is 3.59. The minimum atomic E-state index is 0.203. The van der Waals surface area contributed by atoms with Gasteiger partial charge in [-0.3, -0.25) is 0 Å². The highest BCUT2D eigenvalue weighted by Crippen LogP contribution is 2.12. The molecule has 0 aliphatic heterocycles. The van der Waals surface area contributed by atoms with Gasteiger partial charge < -0.3 is 10.3 Å². The summed E-state index contributed by atoms with van der Waals surface area (Å²) in [6.45, 7) is 2.85. The van der Waals surface area contributed by atoms with Gasteiger partial charge in [-0.25, -0.2) is 4.98 Å². The molecule has 3 nitrogen and oxygen atoms in total. The number of imidazole rings is 1. The number of halogens is 1. The molecule has 0 saturated heterocycles. The molecule has 0 aliphatic rings. The van der Waals surface area contributed by atoms with Crippen molar-refractivity contribution in [1.29, 1.82) is 0 Å². The summed E-state index contributed by atoms with van der Waals surface area (Å²) >= 11 is 5.91. The first-order valence-corrected chi connectivity index (χ1v) is 5.60. The Morgan fingerprint density at radius 2 is 2.38 bits per heavy atom. The number of nitrogens with one attached hydrogen (secondary N) is 2. The predicted molar refractivity (Wildman–Crippen MR) is 65.3 cm³/mol. The van der Waals surface area contributed by atoms with E-state index in [-0.39, 0.29) is 6.04 Å². The van der Waals surface area contributed by atoms with E-state index in [1.807, 2.05) is 30.5 Å². The van der Waals surface area contributed by atoms with Gasteiger partial charge in [-0.05, 0) is 24.6 Å². The Labute approximate surface area is 99.9 Å². The molecule has 1 aromatic carbocycles. The third-order valence-corrected chi connectivity index (χ3v) is 2.67. The van der Waals surface area contributed by atoms with Gasteiger partial charge >= 0.3 is 0 Å². The van der Waals surface area contributed by atoms with Gasteiger partial charge in [0.15, 0.2) is 0 Å². The molecule has 2 rings (SSSR count). The van der Waals surface area contributed by atoms with Crippen LogP contribution in [0, 0.1) is 0 Å². The molecule has 1 aromatic heterocycles. The Hall–Kier alpha value is -1.32. The van der Waals surface area contributed by atoms with Crippen molar-refractivity contribution in [2.75, 3.05) is 0 Å². The molecule has 16 heavy (non-hydrogen) atoms. The molecule has 0 saturated carbocycles. The normalized spacial score (nSPS) is 12.6. The van der Waals surface area contributed by atoms with Crippen LogP contribution in [-0.2, 0) is 6.54 Å². The SMILES string of the molecule is CC(NCc1cccc(Cl)c1)c1ncc[nH]1. The lowest BCUT2D eigenvalue weighted by molar-refractivity contribution is 0.551. The van der Waals surface area contributed by atoms with Gasteiger partial charge in [-0.15, -0.1) is 0 Å². The molecule has 0 fully saturated rings. The first-order chi connectivity index (χ1) is 7.75. The summed E-state index contributed by atoms with van der Waals surface area (Å²) in [4.78, 5) is 7.29. The molecular weight excluding hydrogens is 222 g/mol. The summed E-state index contributed by atoms with van der Waals surface area (Å²) in [5.41, 5.74) is 1.17. The number of aromatic nitrogens is 2. The van der Waals surface area contributed by atoms with Gasteiger partial charge in [-0.1, -0.05) is 23.7 Å². The molecule has 0 radical (unpaired) electrons. The second kappa shape index (κ2) is 5.14. The summed E-state index contributed by atoms with van der Waals surface area (Å²) in [6.07, 6.45) is 3.58. The summed E-state index contributed by atoms with van der Waals surface area (Å²) in [7, 11) is 0. The second-order valence-electron chi connectivity index (χ2n) is 3.71. The van der Waals surface area contributed by atoms with Crippen LogP contribution in [0.2, 0.25) is 5.02 Å². The standard InChI is InChI=1S/C12H14ClN3/c1-9(12-14-5-6-15-12)16-8-10-3-2-4-11(13)7-10/h2-7,9,16H,8H2,1H3,(H,14,15). The molecule has 1 unspecified atom stereocenters. The number of aromatic amines is 1. The molecule has 2 N–H and O–H groups in total. The van der Waals surface area contributed by atoms with E-state index in [0.29, 0.717) is 0 Å². The molecule has 0 amide bonds. The number of nitrogens with zero attached hydrogens (tertiary/aromatic N) is 1. The Morgan fingerprint density at radius 1 is 1.50 bits per heavy atom. The van der Waals surface area contributed by atoms with Crippen LogP contribution in [0.5, 0.6) is 0 Å². The third kappa shape index (κ3) is 2.84. The zero-order chi connectivity index (χ0) is 11.4. The summed E-state index contributed by atoms with van der Waals surface area (Å²) in [5.74, 6) is 0.946. The largest absolute Gasteiger partial charge is 0.347 e. The fraction of sp³-hybridized carbons (Fsp3) is 0.250. The maximum absolute atomic E-state index is 5.91. The monoisotopic (exact) mass is 235 g/mol. The highest BCUT2D eigenvalue weighted by atomic mass is 35.5. The van der Waals surface area contributed by atoms with E-state index in [0.717, 1.165) is 17.4 Å². The van der Waals surface area contributed by atoms with Crippen molar-refractivity contribution in [3.8, 4) is 0 Å². The number of rotatable bonds is 4. The number of hydrogen-bond acceptors (Lipinski definition) is 2. The highest BCUT2D eigenvalue weighted by molar-refractivity contribution is 6.30. The molecular formula is C12H14ClN3. The van der Waals surface area contributed by atoms with E-state index in [4.69, 9.17) is 11.6 Å². The van der Waals surface area contributed by atoms with Crippen LogP contribution >= 0.6 is 11.6 Å². The smallest absolute Gasteiger partial charge is 0.122 e. The minimum Gasteiger partial charge on any atom is -0.347 e. The molecule has 0 bridgehead atoms. The van der Waals surface area contributed by atoms with Gasteiger partial charge in [0.05, 0.1) is 6.04 Å². The molecule has 1 heterocycles. The molecule has 84 valence electrons. The van der Waals surface area contributed by atoms with Crippen LogP contribution in [0.1, 0.15) is 24.4 Å². The van der Waals surface area contributed by atoms with Crippen LogP contribution in [0.3, 0.4) is 0 Å². The number of benzene rings is 1. The number of hydrogen-bond donors (Lipinski definition) is 2. The molecule has 0 spiro atoms. The lowest BCUT2D eigenvalue weighted by Crippen LogP contribution is -2.19. The van der Waals surface area contributed by atoms with Crippen molar-refractivity contribution < 1.29 is 0 Å². The van der Waals surface area contributed by atoms with Crippen LogP contribution in [-0.4, -0.2) is 9.97 Å². The maximum atomic E-state index is 5.91. The predicted octanol–water partition coefficient (Wildman–Crippen LogP) is 2.91. The summed E-state index contributed by atoms with van der Waals surface area (Å²) in [5, 5.41) is 4.14. The van der Waals surface area contributed by atoms with E-state index < -0.39 is 0 Å². The molecule has 4 heteroatoms. The lowest BCUT2D eigenvalue weighted by Gasteiger charge is -2.11. The summed E-state index contributed by atoms with van der Waals surface area (Å²) < 4.78 is 0. The van der Waals surface area contributed by atoms with E-state index in [1.165, 1.54) is 5.56 Å². The van der Waals surface area contributed by atoms with Gasteiger partial charge in [0.25, 0.3) is 0 Å². The van der Waals surface area contributed by atoms with Crippen molar-refractivity contribution in [1.82, 2.24) is 15.3 Å². The highest BCUT2D eigenvalue weighted by Gasteiger charge is 2.06. The van der Waals surface area contributed by atoms with Crippen LogP contribution in [0.25, 0.3) is 0 Å². The molecule has 0 aliphatic carbocycles. The zero-order valence-electron chi connectivity index (χ0n) is 9.07. The van der Waals surface area contributed by atoms with Crippen molar-refractivity contribution in [3.05, 3.63) is 53.1 Å². The van der Waals surface area contributed by atoms with Crippen molar-refractivity contribution in [3.63, 3.8) is 0 Å². The maximum Gasteiger partial charge on any atom is 0.122 e. The molecule has 1 atom stereocenters. The Morgan fingerprint density at radius 3 is 3.06 bits per heavy atom. The van der Waals surface area contributed by atoms with Crippen LogP contribution < -0.4 is 5.32 Å². The minimum absolute atomic E-state index is 0.203. The van der Waals surface area contributed by atoms with Crippen molar-refractivity contribution in [2.45, 2.75) is 19.5 Å². The average Bonchev–Trinajstić information content (AvgIpc) is 2.79. The first kappa shape index (κ1) is 11.2. The third-order valence-electron chi connectivity index (χ3n) is 2.43. The number of H-pyrrole nitrogens is 1. The molecule has 2 aromatic rings. The Bertz CT molecular complexity index is 439. The van der Waals surface area contributed by atoms with Crippen molar-refractivity contribution >= 4 is 11.6 Å². The first-order valence-electron chi connectivity index (χ1n) is 5.23. The van der Waals surface area contributed by atoms with E-state index >= 15 is 0 Å². The van der Waals surface area contributed by atoms with E-state index in [1.54, 1.807) is 6.20 Å². The van der Waals surface area contributed by atoms with Crippen LogP contribution in [0.4, 0.5) is 0 Å². The topological polar surface area (TPSA) is 40.7 Å². The van der Waals surface area contributed by atoms with Gasteiger partial charge in [0.2, 0.25) is 0 Å². The Balaban J connectivity index is 1.92.